The molecule has 0 fully saturated rings. The van der Waals surface area contributed by atoms with E-state index in [1.165, 1.54) is 0 Å². The van der Waals surface area contributed by atoms with E-state index < -0.39 is 17.9 Å². The Morgan fingerprint density at radius 1 is 1.12 bits per heavy atom. The Balaban J connectivity index is 1.84. The van der Waals surface area contributed by atoms with Gasteiger partial charge < -0.3 is 10.4 Å². The summed E-state index contributed by atoms with van der Waals surface area (Å²) in [7, 11) is 0. The van der Waals surface area contributed by atoms with Gasteiger partial charge in [-0.25, -0.2) is 4.79 Å². The fraction of sp³-hybridized carbons (Fsp3) is 0.105. The summed E-state index contributed by atoms with van der Waals surface area (Å²) in [6.45, 7) is 0. The van der Waals surface area contributed by atoms with Crippen LogP contribution in [0.3, 0.4) is 0 Å². The van der Waals surface area contributed by atoms with Gasteiger partial charge in [-0.15, -0.1) is 0 Å². The lowest BCUT2D eigenvalue weighted by Gasteiger charge is -2.15. The molecular weight excluding hydrogens is 431 g/mol. The molecule has 2 aromatic carbocycles. The normalized spacial score (nSPS) is 11.9. The number of carboxylic acid groups (broad SMARTS) is 1. The van der Waals surface area contributed by atoms with Crippen LogP contribution in [0.25, 0.3) is 10.9 Å². The van der Waals surface area contributed by atoms with Gasteiger partial charge in [-0.05, 0) is 52.4 Å². The van der Waals surface area contributed by atoms with Gasteiger partial charge in [0.25, 0.3) is 5.91 Å². The fourth-order valence-electron chi connectivity index (χ4n) is 2.63. The number of nitrogens with one attached hydrogen (secondary N) is 1. The second-order valence-electron chi connectivity index (χ2n) is 5.57. The molecule has 0 aliphatic rings. The molecule has 1 amide bonds. The number of hydrogen-bond donors (Lipinski definition) is 2. The highest BCUT2D eigenvalue weighted by atomic mass is 127. The minimum Gasteiger partial charge on any atom is -0.480 e. The maximum Gasteiger partial charge on any atom is 0.326 e. The van der Waals surface area contributed by atoms with E-state index in [1.54, 1.807) is 18.3 Å². The molecule has 3 rings (SSSR count). The van der Waals surface area contributed by atoms with Crippen LogP contribution in [0.5, 0.6) is 0 Å². The molecule has 1 heterocycles. The number of nitrogens with zero attached hydrogens (tertiary/aromatic N) is 1. The van der Waals surface area contributed by atoms with Crippen LogP contribution in [0.4, 0.5) is 0 Å². The van der Waals surface area contributed by atoms with E-state index in [4.69, 9.17) is 0 Å². The number of carbonyl (C=O) groups excluding carboxylic acids is 1. The molecular formula is C19H15IN2O3. The number of carbonyl (C=O) groups is 2. The van der Waals surface area contributed by atoms with Crippen LogP contribution in [-0.2, 0) is 11.2 Å². The summed E-state index contributed by atoms with van der Waals surface area (Å²) in [5.41, 5.74) is 1.97. The summed E-state index contributed by atoms with van der Waals surface area (Å²) in [5.74, 6) is -1.48. The van der Waals surface area contributed by atoms with E-state index >= 15 is 0 Å². The van der Waals surface area contributed by atoms with Crippen molar-refractivity contribution in [3.63, 3.8) is 0 Å². The Labute approximate surface area is 158 Å². The largest absolute Gasteiger partial charge is 0.480 e. The molecule has 0 saturated heterocycles. The molecule has 0 unspecified atom stereocenters. The lowest BCUT2D eigenvalue weighted by Crippen LogP contribution is -2.42. The van der Waals surface area contributed by atoms with Crippen LogP contribution < -0.4 is 5.32 Å². The molecule has 3 aromatic rings. The molecule has 126 valence electrons. The summed E-state index contributed by atoms with van der Waals surface area (Å²) in [4.78, 5) is 28.4. The first kappa shape index (κ1) is 17.3. The Hall–Kier alpha value is -2.48. The zero-order valence-corrected chi connectivity index (χ0v) is 15.3. The second kappa shape index (κ2) is 7.60. The van der Waals surface area contributed by atoms with Gasteiger partial charge in [0.05, 0.1) is 11.1 Å². The zero-order valence-electron chi connectivity index (χ0n) is 13.1. The Morgan fingerprint density at radius 3 is 2.68 bits per heavy atom. The number of rotatable bonds is 5. The molecule has 1 aromatic heterocycles. The van der Waals surface area contributed by atoms with Gasteiger partial charge in [-0.3, -0.25) is 9.78 Å². The van der Waals surface area contributed by atoms with Gasteiger partial charge in [0.15, 0.2) is 0 Å². The van der Waals surface area contributed by atoms with Crippen LogP contribution in [0.15, 0.2) is 60.8 Å². The van der Waals surface area contributed by atoms with Crippen molar-refractivity contribution in [1.82, 2.24) is 10.3 Å². The summed E-state index contributed by atoms with van der Waals surface area (Å²) in [6.07, 6.45) is 1.77. The van der Waals surface area contributed by atoms with Crippen LogP contribution >= 0.6 is 22.6 Å². The van der Waals surface area contributed by atoms with Crippen molar-refractivity contribution in [3.05, 3.63) is 75.5 Å². The minimum absolute atomic E-state index is 0.223. The maximum absolute atomic E-state index is 12.6. The van der Waals surface area contributed by atoms with Crippen molar-refractivity contribution >= 4 is 45.4 Å². The van der Waals surface area contributed by atoms with E-state index in [-0.39, 0.29) is 6.42 Å². The number of halogens is 1. The van der Waals surface area contributed by atoms with Gasteiger partial charge >= 0.3 is 5.97 Å². The molecule has 6 heteroatoms. The van der Waals surface area contributed by atoms with Gasteiger partial charge in [0, 0.05) is 21.6 Å². The topological polar surface area (TPSA) is 79.3 Å². The van der Waals surface area contributed by atoms with E-state index in [1.807, 2.05) is 42.5 Å². The average Bonchev–Trinajstić information content (AvgIpc) is 2.60. The van der Waals surface area contributed by atoms with E-state index in [2.05, 4.69) is 32.9 Å². The van der Waals surface area contributed by atoms with Gasteiger partial charge in [-0.2, -0.15) is 0 Å². The Bertz CT molecular complexity index is 937. The summed E-state index contributed by atoms with van der Waals surface area (Å²) < 4.78 is 1.02. The smallest absolute Gasteiger partial charge is 0.326 e. The second-order valence-corrected chi connectivity index (χ2v) is 6.82. The van der Waals surface area contributed by atoms with Crippen molar-refractivity contribution in [1.29, 1.82) is 0 Å². The first-order chi connectivity index (χ1) is 12.0. The molecule has 5 nitrogen and oxygen atoms in total. The van der Waals surface area contributed by atoms with Crippen LogP contribution in [0.2, 0.25) is 0 Å². The molecule has 0 spiro atoms. The third-order valence-electron chi connectivity index (χ3n) is 3.83. The van der Waals surface area contributed by atoms with Crippen molar-refractivity contribution in [2.24, 2.45) is 0 Å². The molecule has 0 saturated carbocycles. The highest BCUT2D eigenvalue weighted by Gasteiger charge is 2.22. The molecule has 0 aliphatic carbocycles. The Kier molecular flexibility index (Phi) is 5.28. The summed E-state index contributed by atoms with van der Waals surface area (Å²) in [6, 6.07) is 15.4. The predicted molar refractivity (Wildman–Crippen MR) is 103 cm³/mol. The summed E-state index contributed by atoms with van der Waals surface area (Å²) >= 11 is 2.17. The fourth-order valence-corrected chi connectivity index (χ4v) is 3.24. The molecule has 0 aliphatic heterocycles. The quantitative estimate of drug-likeness (QED) is 0.590. The third-order valence-corrected chi connectivity index (χ3v) is 4.50. The van der Waals surface area contributed by atoms with Crippen molar-refractivity contribution in [2.45, 2.75) is 12.5 Å². The Morgan fingerprint density at radius 2 is 1.92 bits per heavy atom. The standard InChI is InChI=1S/C19H15IN2O3/c20-13-5-3-4-12(10-13)11-17(19(24)25)22-18(23)15-8-9-21-16-7-2-1-6-14(15)16/h1-10,17H,11H2,(H,22,23)(H,24,25)/t17-/m1/s1. The molecule has 1 atom stereocenters. The van der Waals surface area contributed by atoms with Crippen LogP contribution in [0, 0.1) is 3.57 Å². The first-order valence-electron chi connectivity index (χ1n) is 7.66. The number of benzene rings is 2. The number of carboxylic acids is 1. The van der Waals surface area contributed by atoms with E-state index in [9.17, 15) is 14.7 Å². The SMILES string of the molecule is O=C(N[C@H](Cc1cccc(I)c1)C(=O)O)c1ccnc2ccccc12. The van der Waals surface area contributed by atoms with Gasteiger partial charge in [-0.1, -0.05) is 30.3 Å². The number of aromatic nitrogens is 1. The van der Waals surface area contributed by atoms with E-state index in [0.717, 1.165) is 9.13 Å². The first-order valence-corrected chi connectivity index (χ1v) is 8.74. The monoisotopic (exact) mass is 446 g/mol. The highest BCUT2D eigenvalue weighted by Crippen LogP contribution is 2.17. The maximum atomic E-state index is 12.6. The minimum atomic E-state index is -1.06. The van der Waals surface area contributed by atoms with Crippen LogP contribution in [-0.4, -0.2) is 28.0 Å². The van der Waals surface area contributed by atoms with Crippen LogP contribution in [0.1, 0.15) is 15.9 Å². The van der Waals surface area contributed by atoms with Crippen molar-refractivity contribution < 1.29 is 14.7 Å². The number of aliphatic carboxylic acids is 1. The lowest BCUT2D eigenvalue weighted by molar-refractivity contribution is -0.139. The molecule has 25 heavy (non-hydrogen) atoms. The lowest BCUT2D eigenvalue weighted by atomic mass is 10.0. The molecule has 0 radical (unpaired) electrons. The molecule has 2 N–H and O–H groups in total. The van der Waals surface area contributed by atoms with Gasteiger partial charge in [0.2, 0.25) is 0 Å². The number of pyridine rings is 1. The average molecular weight is 446 g/mol. The van der Waals surface area contributed by atoms with Gasteiger partial charge in [0.1, 0.15) is 6.04 Å². The molecule has 0 bridgehead atoms. The predicted octanol–water partition coefficient (Wildman–Crippen LogP) is 3.27. The third kappa shape index (κ3) is 4.14. The number of fused-ring (bicyclic) bond motifs is 1. The highest BCUT2D eigenvalue weighted by molar-refractivity contribution is 14.1. The number of para-hydroxylation sites is 1. The van der Waals surface area contributed by atoms with Crippen molar-refractivity contribution in [3.8, 4) is 0 Å². The number of hydrogen-bond acceptors (Lipinski definition) is 3. The summed E-state index contributed by atoms with van der Waals surface area (Å²) in [5, 5.41) is 12.8. The van der Waals surface area contributed by atoms with Crippen molar-refractivity contribution in [2.75, 3.05) is 0 Å². The van der Waals surface area contributed by atoms with E-state index in [0.29, 0.717) is 16.5 Å². The zero-order chi connectivity index (χ0) is 17.8. The number of amides is 1.